The van der Waals surface area contributed by atoms with Crippen LogP contribution in [0.15, 0.2) is 53.4 Å². The summed E-state index contributed by atoms with van der Waals surface area (Å²) in [6, 6.07) is 11.8. The van der Waals surface area contributed by atoms with E-state index >= 15 is 0 Å². The average Bonchev–Trinajstić information content (AvgIpc) is 2.87. The molecule has 37 heavy (non-hydrogen) atoms. The Morgan fingerprint density at radius 2 is 1.65 bits per heavy atom. The fraction of sp³-hybridized carbons (Fsp3) is 0.417. The van der Waals surface area contributed by atoms with Crippen molar-refractivity contribution in [1.29, 1.82) is 0 Å². The van der Waals surface area contributed by atoms with Crippen LogP contribution < -0.4 is 14.9 Å². The number of amides is 2. The van der Waals surface area contributed by atoms with Crippen molar-refractivity contribution >= 4 is 43.2 Å². The number of ether oxygens (including phenoxy) is 1. The molecule has 1 saturated heterocycles. The first kappa shape index (κ1) is 28.6. The molecule has 1 fully saturated rings. The van der Waals surface area contributed by atoms with Gasteiger partial charge in [0.2, 0.25) is 26.0 Å². The summed E-state index contributed by atoms with van der Waals surface area (Å²) in [6.45, 7) is 3.01. The number of rotatable bonds is 11. The summed E-state index contributed by atoms with van der Waals surface area (Å²) >= 11 is 0. The molecule has 11 nitrogen and oxygen atoms in total. The summed E-state index contributed by atoms with van der Waals surface area (Å²) in [6.07, 6.45) is 2.68. The second-order valence-corrected chi connectivity index (χ2v) is 12.3. The van der Waals surface area contributed by atoms with Crippen LogP contribution in [0, 0.1) is 0 Å². The lowest BCUT2D eigenvalue weighted by Crippen LogP contribution is -2.40. The van der Waals surface area contributed by atoms with E-state index in [2.05, 4.69) is 10.6 Å². The number of para-hydroxylation sites is 1. The number of nitrogens with zero attached hydrogens (tertiary/aromatic N) is 2. The summed E-state index contributed by atoms with van der Waals surface area (Å²) in [4.78, 5) is 25.4. The van der Waals surface area contributed by atoms with Gasteiger partial charge in [0, 0.05) is 19.6 Å². The topological polar surface area (TPSA) is 142 Å². The first-order valence-electron chi connectivity index (χ1n) is 11.9. The van der Waals surface area contributed by atoms with Crippen molar-refractivity contribution in [3.63, 3.8) is 0 Å². The molecule has 1 heterocycles. The highest BCUT2D eigenvalue weighted by Gasteiger charge is 2.27. The third kappa shape index (κ3) is 7.51. The van der Waals surface area contributed by atoms with Crippen molar-refractivity contribution in [2.45, 2.75) is 24.7 Å². The minimum absolute atomic E-state index is 0.0130. The second-order valence-electron chi connectivity index (χ2n) is 8.48. The molecule has 3 rings (SSSR count). The first-order chi connectivity index (χ1) is 17.5. The molecule has 2 amide bonds. The van der Waals surface area contributed by atoms with E-state index in [0.717, 1.165) is 23.4 Å². The summed E-state index contributed by atoms with van der Waals surface area (Å²) in [5.41, 5.74) is 0.640. The van der Waals surface area contributed by atoms with Crippen LogP contribution in [0.4, 0.5) is 11.4 Å². The predicted molar refractivity (Wildman–Crippen MR) is 141 cm³/mol. The molecule has 2 aromatic carbocycles. The Kier molecular flexibility index (Phi) is 9.65. The summed E-state index contributed by atoms with van der Waals surface area (Å²) in [5, 5.41) is 5.40. The Bertz CT molecular complexity index is 1310. The van der Waals surface area contributed by atoms with E-state index in [1.165, 1.54) is 28.6 Å². The van der Waals surface area contributed by atoms with Gasteiger partial charge < -0.3 is 15.4 Å². The Morgan fingerprint density at radius 1 is 1.00 bits per heavy atom. The van der Waals surface area contributed by atoms with Gasteiger partial charge in [-0.2, -0.15) is 4.31 Å². The maximum Gasteiger partial charge on any atom is 0.253 e. The molecule has 0 spiro atoms. The first-order valence-corrected chi connectivity index (χ1v) is 15.2. The summed E-state index contributed by atoms with van der Waals surface area (Å²) < 4.78 is 58.1. The molecule has 0 unspecified atom stereocenters. The quantitative estimate of drug-likeness (QED) is 0.404. The number of benzene rings is 2. The van der Waals surface area contributed by atoms with Gasteiger partial charge in [0.15, 0.2) is 0 Å². The number of carbonyl (C=O) groups is 2. The standard InChI is InChI=1S/C24H32N4O7S2/c1-3-4-13-25-24(30)21-7-5-6-8-22(21)26-23(29)18-28(36(2,31)32)19-9-11-20(12-10-19)37(33,34)27-14-16-35-17-15-27/h5-12H,3-4,13-18H2,1-2H3,(H,25,30)(H,26,29). The monoisotopic (exact) mass is 552 g/mol. The smallest absolute Gasteiger partial charge is 0.253 e. The van der Waals surface area contributed by atoms with Crippen molar-refractivity contribution in [3.05, 3.63) is 54.1 Å². The van der Waals surface area contributed by atoms with Crippen molar-refractivity contribution in [2.24, 2.45) is 0 Å². The zero-order chi connectivity index (χ0) is 27.1. The molecule has 2 aromatic rings. The van der Waals surface area contributed by atoms with E-state index in [-0.39, 0.29) is 40.8 Å². The number of morpholine rings is 1. The Morgan fingerprint density at radius 3 is 2.27 bits per heavy atom. The molecular formula is C24H32N4O7S2. The van der Waals surface area contributed by atoms with Crippen LogP contribution in [-0.4, -0.2) is 78.6 Å². The van der Waals surface area contributed by atoms with E-state index in [1.54, 1.807) is 24.3 Å². The molecule has 0 saturated carbocycles. The highest BCUT2D eigenvalue weighted by molar-refractivity contribution is 7.92. The Hall–Kier alpha value is -3.00. The molecular weight excluding hydrogens is 520 g/mol. The van der Waals surface area contributed by atoms with Crippen LogP contribution in [0.1, 0.15) is 30.1 Å². The molecule has 202 valence electrons. The van der Waals surface area contributed by atoms with E-state index in [0.29, 0.717) is 19.8 Å². The highest BCUT2D eigenvalue weighted by atomic mass is 32.2. The number of hydrogen-bond donors (Lipinski definition) is 2. The van der Waals surface area contributed by atoms with E-state index in [4.69, 9.17) is 4.74 Å². The van der Waals surface area contributed by atoms with Gasteiger partial charge in [-0.15, -0.1) is 0 Å². The highest BCUT2D eigenvalue weighted by Crippen LogP contribution is 2.23. The molecule has 13 heteroatoms. The SMILES string of the molecule is CCCCNC(=O)c1ccccc1NC(=O)CN(c1ccc(S(=O)(=O)N2CCOCC2)cc1)S(C)(=O)=O. The van der Waals surface area contributed by atoms with Crippen LogP contribution in [-0.2, 0) is 29.6 Å². The Balaban J connectivity index is 1.76. The fourth-order valence-corrected chi connectivity index (χ4v) is 5.97. The van der Waals surface area contributed by atoms with Gasteiger partial charge in [-0.25, -0.2) is 16.8 Å². The van der Waals surface area contributed by atoms with Crippen molar-refractivity contribution in [2.75, 3.05) is 55.3 Å². The van der Waals surface area contributed by atoms with Crippen LogP contribution in [0.3, 0.4) is 0 Å². The number of nitrogens with one attached hydrogen (secondary N) is 2. The number of unbranched alkanes of at least 4 members (excludes halogenated alkanes) is 1. The Labute approximate surface area is 217 Å². The van der Waals surface area contributed by atoms with Crippen molar-refractivity contribution in [1.82, 2.24) is 9.62 Å². The lowest BCUT2D eigenvalue weighted by Gasteiger charge is -2.26. The van der Waals surface area contributed by atoms with Gasteiger partial charge in [0.1, 0.15) is 6.54 Å². The largest absolute Gasteiger partial charge is 0.379 e. The minimum Gasteiger partial charge on any atom is -0.379 e. The van der Waals surface area contributed by atoms with Crippen molar-refractivity contribution in [3.8, 4) is 0 Å². The van der Waals surface area contributed by atoms with Gasteiger partial charge in [-0.05, 0) is 42.8 Å². The maximum absolute atomic E-state index is 12.9. The maximum atomic E-state index is 12.9. The van der Waals surface area contributed by atoms with E-state index < -0.39 is 32.5 Å². The lowest BCUT2D eigenvalue weighted by molar-refractivity contribution is -0.114. The van der Waals surface area contributed by atoms with Gasteiger partial charge in [-0.3, -0.25) is 13.9 Å². The molecule has 0 aromatic heterocycles. The molecule has 0 atom stereocenters. The van der Waals surface area contributed by atoms with Gasteiger partial charge in [0.05, 0.1) is 41.3 Å². The molecule has 2 N–H and O–H groups in total. The normalized spacial score (nSPS) is 14.6. The van der Waals surface area contributed by atoms with Gasteiger partial charge in [-0.1, -0.05) is 25.5 Å². The summed E-state index contributed by atoms with van der Waals surface area (Å²) in [5.74, 6) is -1.01. The molecule has 1 aliphatic rings. The average molecular weight is 553 g/mol. The van der Waals surface area contributed by atoms with Crippen molar-refractivity contribution < 1.29 is 31.2 Å². The van der Waals surface area contributed by atoms with Crippen LogP contribution in [0.5, 0.6) is 0 Å². The molecule has 0 radical (unpaired) electrons. The zero-order valence-corrected chi connectivity index (χ0v) is 22.5. The zero-order valence-electron chi connectivity index (χ0n) is 20.8. The molecule has 0 aliphatic carbocycles. The number of carbonyl (C=O) groups excluding carboxylic acids is 2. The van der Waals surface area contributed by atoms with Gasteiger partial charge >= 0.3 is 0 Å². The predicted octanol–water partition coefficient (Wildman–Crippen LogP) is 1.64. The fourth-order valence-electron chi connectivity index (χ4n) is 3.70. The van der Waals surface area contributed by atoms with E-state index in [9.17, 15) is 26.4 Å². The van der Waals surface area contributed by atoms with Crippen LogP contribution >= 0.6 is 0 Å². The van der Waals surface area contributed by atoms with Crippen LogP contribution in [0.2, 0.25) is 0 Å². The van der Waals surface area contributed by atoms with Crippen LogP contribution in [0.25, 0.3) is 0 Å². The minimum atomic E-state index is -3.90. The molecule has 0 bridgehead atoms. The lowest BCUT2D eigenvalue weighted by atomic mass is 10.1. The molecule has 1 aliphatic heterocycles. The second kappa shape index (κ2) is 12.5. The number of hydrogen-bond acceptors (Lipinski definition) is 7. The number of anilines is 2. The third-order valence-electron chi connectivity index (χ3n) is 5.68. The number of sulfonamides is 2. The summed E-state index contributed by atoms with van der Waals surface area (Å²) in [7, 11) is -7.66. The van der Waals surface area contributed by atoms with E-state index in [1.807, 2.05) is 6.92 Å². The third-order valence-corrected chi connectivity index (χ3v) is 8.74. The van der Waals surface area contributed by atoms with Gasteiger partial charge in [0.25, 0.3) is 5.91 Å².